The SMILES string of the molecule is O=C(Oc1ccc(/C=C2\SC(=O)N(Cc3ccc(Cl)cc3Cl)C2=O)cc1Br)c1ccc(Cl)cc1. The number of nitrogens with zero attached hydrogens (tertiary/aromatic N) is 1. The number of carbonyl (C=O) groups excluding carboxylic acids is 3. The number of imide groups is 1. The summed E-state index contributed by atoms with van der Waals surface area (Å²) in [7, 11) is 0. The van der Waals surface area contributed by atoms with E-state index in [1.807, 2.05) is 0 Å². The lowest BCUT2D eigenvalue weighted by atomic mass is 10.2. The zero-order valence-corrected chi connectivity index (χ0v) is 21.7. The third-order valence-corrected chi connectivity index (χ3v) is 7.12. The highest BCUT2D eigenvalue weighted by Gasteiger charge is 2.35. The van der Waals surface area contributed by atoms with E-state index in [2.05, 4.69) is 15.9 Å². The molecule has 0 aromatic heterocycles. The van der Waals surface area contributed by atoms with Crippen LogP contribution in [0.3, 0.4) is 0 Å². The van der Waals surface area contributed by atoms with E-state index in [-0.39, 0.29) is 11.4 Å². The second-order valence-corrected chi connectivity index (χ2v) is 10.2. The summed E-state index contributed by atoms with van der Waals surface area (Å²) in [5.74, 6) is -0.648. The minimum Gasteiger partial charge on any atom is -0.422 e. The monoisotopic (exact) mass is 595 g/mol. The van der Waals surface area contributed by atoms with E-state index in [1.54, 1.807) is 66.7 Å². The quantitative estimate of drug-likeness (QED) is 0.170. The Morgan fingerprint density at radius 1 is 0.971 bits per heavy atom. The maximum absolute atomic E-state index is 12.8. The van der Waals surface area contributed by atoms with Crippen LogP contribution in [0, 0.1) is 0 Å². The summed E-state index contributed by atoms with van der Waals surface area (Å²) < 4.78 is 5.94. The Morgan fingerprint density at radius 3 is 2.35 bits per heavy atom. The molecular formula is C24H13BrCl3NO4S. The van der Waals surface area contributed by atoms with Gasteiger partial charge in [0.15, 0.2) is 0 Å². The van der Waals surface area contributed by atoms with Crippen LogP contribution in [0.4, 0.5) is 4.79 Å². The standard InChI is InChI=1S/C24H13BrCl3NO4S/c25-18-9-13(1-8-20(18)33-23(31)14-2-5-16(26)6-3-14)10-21-22(30)29(24(32)34-21)12-15-4-7-17(27)11-19(15)28/h1-11H,12H2/b21-10-. The minimum absolute atomic E-state index is 0.0429. The number of hydrogen-bond acceptors (Lipinski definition) is 5. The fraction of sp³-hybridized carbons (Fsp3) is 0.0417. The normalized spacial score (nSPS) is 14.7. The molecule has 3 aromatic rings. The van der Waals surface area contributed by atoms with Crippen LogP contribution in [-0.4, -0.2) is 22.0 Å². The van der Waals surface area contributed by atoms with Crippen molar-refractivity contribution in [3.63, 3.8) is 0 Å². The Hall–Kier alpha value is -2.29. The number of amides is 2. The molecule has 0 N–H and O–H groups in total. The molecule has 0 spiro atoms. The van der Waals surface area contributed by atoms with Crippen molar-refractivity contribution in [3.8, 4) is 5.75 Å². The highest BCUT2D eigenvalue weighted by molar-refractivity contribution is 9.10. The van der Waals surface area contributed by atoms with Gasteiger partial charge in [-0.3, -0.25) is 14.5 Å². The Morgan fingerprint density at radius 2 is 1.68 bits per heavy atom. The van der Waals surface area contributed by atoms with Gasteiger partial charge in [-0.1, -0.05) is 46.9 Å². The zero-order chi connectivity index (χ0) is 24.4. The Labute approximate surface area is 222 Å². The predicted octanol–water partition coefficient (Wildman–Crippen LogP) is 7.87. The number of esters is 1. The summed E-state index contributed by atoms with van der Waals surface area (Å²) in [4.78, 5) is 39.0. The average molecular weight is 598 g/mol. The maximum Gasteiger partial charge on any atom is 0.343 e. The molecule has 1 saturated heterocycles. The number of hydrogen-bond donors (Lipinski definition) is 0. The van der Waals surface area contributed by atoms with E-state index in [4.69, 9.17) is 39.5 Å². The van der Waals surface area contributed by atoms with Gasteiger partial charge < -0.3 is 4.74 Å². The van der Waals surface area contributed by atoms with Gasteiger partial charge >= 0.3 is 5.97 Å². The summed E-state index contributed by atoms with van der Waals surface area (Å²) in [6.07, 6.45) is 1.60. The van der Waals surface area contributed by atoms with Crippen LogP contribution < -0.4 is 4.74 Å². The van der Waals surface area contributed by atoms with E-state index in [1.165, 1.54) is 0 Å². The van der Waals surface area contributed by atoms with Crippen LogP contribution >= 0.6 is 62.5 Å². The first-order valence-corrected chi connectivity index (χ1v) is 12.4. The molecule has 2 amide bonds. The van der Waals surface area contributed by atoms with Gasteiger partial charge in [0.25, 0.3) is 11.1 Å². The van der Waals surface area contributed by atoms with Crippen LogP contribution in [0.25, 0.3) is 6.08 Å². The molecule has 34 heavy (non-hydrogen) atoms. The van der Waals surface area contributed by atoms with Crippen LogP contribution in [0.1, 0.15) is 21.5 Å². The van der Waals surface area contributed by atoms with Crippen LogP contribution in [-0.2, 0) is 11.3 Å². The molecule has 0 unspecified atom stereocenters. The fourth-order valence-corrected chi connectivity index (χ4v) is 4.95. The van der Waals surface area contributed by atoms with Crippen molar-refractivity contribution in [2.75, 3.05) is 0 Å². The zero-order valence-electron chi connectivity index (χ0n) is 17.1. The van der Waals surface area contributed by atoms with Crippen LogP contribution in [0.2, 0.25) is 15.1 Å². The molecule has 1 aliphatic rings. The van der Waals surface area contributed by atoms with E-state index in [0.717, 1.165) is 16.7 Å². The summed E-state index contributed by atoms with van der Waals surface area (Å²) in [5, 5.41) is 0.969. The van der Waals surface area contributed by atoms with Gasteiger partial charge in [0.2, 0.25) is 0 Å². The Balaban J connectivity index is 1.48. The van der Waals surface area contributed by atoms with Crippen LogP contribution in [0.5, 0.6) is 5.75 Å². The number of rotatable bonds is 5. The van der Waals surface area contributed by atoms with Crippen molar-refractivity contribution in [1.82, 2.24) is 4.90 Å². The van der Waals surface area contributed by atoms with Gasteiger partial charge in [-0.25, -0.2) is 4.79 Å². The highest BCUT2D eigenvalue weighted by atomic mass is 79.9. The molecule has 0 aliphatic carbocycles. The van der Waals surface area contributed by atoms with E-state index in [0.29, 0.717) is 42.0 Å². The lowest BCUT2D eigenvalue weighted by Gasteiger charge is -2.13. The number of thioether (sulfide) groups is 1. The van der Waals surface area contributed by atoms with E-state index < -0.39 is 17.1 Å². The van der Waals surface area contributed by atoms with Crippen LogP contribution in [0.15, 0.2) is 70.0 Å². The molecule has 10 heteroatoms. The maximum atomic E-state index is 12.8. The van der Waals surface area contributed by atoms with Crippen molar-refractivity contribution >= 4 is 85.7 Å². The number of carbonyl (C=O) groups is 3. The largest absolute Gasteiger partial charge is 0.422 e. The molecule has 0 radical (unpaired) electrons. The minimum atomic E-state index is -0.535. The molecule has 1 heterocycles. The summed E-state index contributed by atoms with van der Waals surface area (Å²) in [6, 6.07) is 16.2. The third-order valence-electron chi connectivity index (χ3n) is 4.75. The van der Waals surface area contributed by atoms with Crippen molar-refractivity contribution in [2.45, 2.75) is 6.54 Å². The molecule has 1 fully saturated rings. The van der Waals surface area contributed by atoms with Gasteiger partial charge in [-0.15, -0.1) is 0 Å². The Bertz CT molecular complexity index is 1340. The van der Waals surface area contributed by atoms with Gasteiger partial charge in [0, 0.05) is 15.1 Å². The molecule has 0 atom stereocenters. The molecule has 5 nitrogen and oxygen atoms in total. The van der Waals surface area contributed by atoms with Crippen molar-refractivity contribution in [3.05, 3.63) is 102 Å². The molecular weight excluding hydrogens is 585 g/mol. The molecule has 1 aliphatic heterocycles. The number of ether oxygens (including phenoxy) is 1. The first kappa shape index (κ1) is 24.8. The summed E-state index contributed by atoms with van der Waals surface area (Å²) in [5.41, 5.74) is 1.62. The van der Waals surface area contributed by atoms with E-state index in [9.17, 15) is 14.4 Å². The smallest absolute Gasteiger partial charge is 0.343 e. The first-order chi connectivity index (χ1) is 16.2. The second-order valence-electron chi connectivity index (χ2n) is 7.09. The Kier molecular flexibility index (Phi) is 7.70. The highest BCUT2D eigenvalue weighted by Crippen LogP contribution is 2.36. The lowest BCUT2D eigenvalue weighted by Crippen LogP contribution is -2.27. The van der Waals surface area contributed by atoms with Gasteiger partial charge in [-0.2, -0.15) is 0 Å². The van der Waals surface area contributed by atoms with Gasteiger partial charge in [0.1, 0.15) is 5.75 Å². The first-order valence-electron chi connectivity index (χ1n) is 9.68. The average Bonchev–Trinajstić information content (AvgIpc) is 3.05. The predicted molar refractivity (Wildman–Crippen MR) is 139 cm³/mol. The van der Waals surface area contributed by atoms with E-state index >= 15 is 0 Å². The molecule has 4 rings (SSSR count). The van der Waals surface area contributed by atoms with Crippen molar-refractivity contribution in [2.24, 2.45) is 0 Å². The lowest BCUT2D eigenvalue weighted by molar-refractivity contribution is -0.123. The molecule has 0 bridgehead atoms. The second kappa shape index (κ2) is 10.5. The number of halogens is 4. The molecule has 0 saturated carbocycles. The molecule has 172 valence electrons. The van der Waals surface area contributed by atoms with Gasteiger partial charge in [-0.05, 0) is 93.4 Å². The topological polar surface area (TPSA) is 63.7 Å². The summed E-state index contributed by atoms with van der Waals surface area (Å²) in [6.45, 7) is 0.0429. The third kappa shape index (κ3) is 5.67. The summed E-state index contributed by atoms with van der Waals surface area (Å²) >= 11 is 22.2. The van der Waals surface area contributed by atoms with Gasteiger partial charge in [0.05, 0.1) is 21.5 Å². The number of benzene rings is 3. The fourth-order valence-electron chi connectivity index (χ4n) is 3.04. The van der Waals surface area contributed by atoms with Crippen molar-refractivity contribution in [1.29, 1.82) is 0 Å². The molecule has 3 aromatic carbocycles. The van der Waals surface area contributed by atoms with Crippen molar-refractivity contribution < 1.29 is 19.1 Å².